The van der Waals surface area contributed by atoms with Gasteiger partial charge in [0.25, 0.3) is 0 Å². The predicted molar refractivity (Wildman–Crippen MR) is 81.7 cm³/mol. The first-order chi connectivity index (χ1) is 9.81. The second-order valence-electron chi connectivity index (χ2n) is 5.80. The summed E-state index contributed by atoms with van der Waals surface area (Å²) in [5, 5.41) is 11.8. The quantitative estimate of drug-likeness (QED) is 0.715. The fourth-order valence-corrected chi connectivity index (χ4v) is 2.10. The van der Waals surface area contributed by atoms with Gasteiger partial charge >= 0.3 is 5.97 Å². The van der Waals surface area contributed by atoms with Gasteiger partial charge in [0.1, 0.15) is 6.04 Å². The first kappa shape index (κ1) is 17.2. The topological polar surface area (TPSA) is 92.4 Å². The van der Waals surface area contributed by atoms with Gasteiger partial charge in [-0.25, -0.2) is 0 Å². The van der Waals surface area contributed by atoms with E-state index in [1.165, 1.54) is 0 Å². The number of aliphatic carboxylic acids is 1. The third kappa shape index (κ3) is 5.55. The molecule has 1 rings (SSSR count). The summed E-state index contributed by atoms with van der Waals surface area (Å²) in [6, 6.07) is 6.62. The minimum absolute atomic E-state index is 0.103. The van der Waals surface area contributed by atoms with Gasteiger partial charge < -0.3 is 16.2 Å². The van der Waals surface area contributed by atoms with E-state index in [9.17, 15) is 9.59 Å². The van der Waals surface area contributed by atoms with Gasteiger partial charge in [-0.05, 0) is 24.8 Å². The van der Waals surface area contributed by atoms with Crippen molar-refractivity contribution in [3.05, 3.63) is 35.4 Å². The highest BCUT2D eigenvalue weighted by molar-refractivity contribution is 5.83. The highest BCUT2D eigenvalue weighted by atomic mass is 16.4. The number of nitrogens with two attached hydrogens (primary N) is 1. The number of rotatable bonds is 7. The molecule has 0 aromatic heterocycles. The number of amides is 1. The molecule has 1 amide bonds. The summed E-state index contributed by atoms with van der Waals surface area (Å²) in [4.78, 5) is 23.2. The number of aryl methyl sites for hydroxylation is 1. The second kappa shape index (κ2) is 7.78. The molecule has 0 aliphatic heterocycles. The third-order valence-electron chi connectivity index (χ3n) is 3.35. The maximum Gasteiger partial charge on any atom is 0.308 e. The van der Waals surface area contributed by atoms with Crippen molar-refractivity contribution in [2.45, 2.75) is 33.2 Å². The van der Waals surface area contributed by atoms with Crippen LogP contribution in [0.5, 0.6) is 0 Å². The lowest BCUT2D eigenvalue weighted by Crippen LogP contribution is -2.39. The van der Waals surface area contributed by atoms with Crippen LogP contribution >= 0.6 is 0 Å². The number of hydrogen-bond donors (Lipinski definition) is 3. The first-order valence-electron chi connectivity index (χ1n) is 7.14. The molecule has 5 heteroatoms. The van der Waals surface area contributed by atoms with Gasteiger partial charge in [-0.1, -0.05) is 43.7 Å². The van der Waals surface area contributed by atoms with Gasteiger partial charge in [0.05, 0.1) is 5.92 Å². The zero-order valence-electron chi connectivity index (χ0n) is 12.8. The summed E-state index contributed by atoms with van der Waals surface area (Å²) in [5.74, 6) is -1.57. The molecule has 4 N–H and O–H groups in total. The number of nitrogens with one attached hydrogen (secondary N) is 1. The van der Waals surface area contributed by atoms with E-state index in [-0.39, 0.29) is 18.4 Å². The van der Waals surface area contributed by atoms with Crippen molar-refractivity contribution in [3.63, 3.8) is 0 Å². The number of hydrogen-bond acceptors (Lipinski definition) is 3. The molecule has 1 aromatic carbocycles. The average Bonchev–Trinajstić information content (AvgIpc) is 2.42. The number of carboxylic acid groups (broad SMARTS) is 1. The van der Waals surface area contributed by atoms with Gasteiger partial charge in [-0.2, -0.15) is 0 Å². The average molecular weight is 292 g/mol. The summed E-state index contributed by atoms with van der Waals surface area (Å²) in [6.07, 6.45) is 0.523. The molecule has 21 heavy (non-hydrogen) atoms. The largest absolute Gasteiger partial charge is 0.481 e. The summed E-state index contributed by atoms with van der Waals surface area (Å²) in [6.45, 7) is 5.97. The fourth-order valence-electron chi connectivity index (χ4n) is 2.10. The second-order valence-corrected chi connectivity index (χ2v) is 5.80. The smallest absolute Gasteiger partial charge is 0.308 e. The molecular weight excluding hydrogens is 268 g/mol. The number of carboxylic acids is 1. The highest BCUT2D eigenvalue weighted by Gasteiger charge is 2.22. The number of benzene rings is 1. The zero-order chi connectivity index (χ0) is 16.0. The Hall–Kier alpha value is -1.88. The van der Waals surface area contributed by atoms with E-state index in [0.717, 1.165) is 5.56 Å². The molecule has 0 saturated carbocycles. The molecule has 116 valence electrons. The van der Waals surface area contributed by atoms with E-state index in [1.54, 1.807) is 0 Å². The summed E-state index contributed by atoms with van der Waals surface area (Å²) >= 11 is 0. The van der Waals surface area contributed by atoms with Crippen molar-refractivity contribution in [2.75, 3.05) is 6.54 Å². The Morgan fingerprint density at radius 3 is 2.29 bits per heavy atom. The lowest BCUT2D eigenvalue weighted by molar-refractivity contribution is -0.142. The molecular formula is C16H24N2O3. The normalized spacial score (nSPS) is 13.8. The van der Waals surface area contributed by atoms with Crippen LogP contribution in [-0.4, -0.2) is 23.5 Å². The van der Waals surface area contributed by atoms with Gasteiger partial charge in [0, 0.05) is 6.54 Å². The summed E-state index contributed by atoms with van der Waals surface area (Å²) < 4.78 is 0. The molecule has 5 nitrogen and oxygen atoms in total. The summed E-state index contributed by atoms with van der Waals surface area (Å²) in [7, 11) is 0. The van der Waals surface area contributed by atoms with E-state index in [1.807, 2.05) is 45.0 Å². The minimum atomic E-state index is -0.895. The maximum absolute atomic E-state index is 12.0. The van der Waals surface area contributed by atoms with Gasteiger partial charge in [-0.15, -0.1) is 0 Å². The summed E-state index contributed by atoms with van der Waals surface area (Å²) in [5.41, 5.74) is 7.70. The monoisotopic (exact) mass is 292 g/mol. The first-order valence-corrected chi connectivity index (χ1v) is 7.14. The molecule has 0 aliphatic carbocycles. The predicted octanol–water partition coefficient (Wildman–Crippen LogP) is 1.86. The van der Waals surface area contributed by atoms with Crippen LogP contribution < -0.4 is 11.1 Å². The SMILES string of the molecule is Cc1ccc(C(N)C(=O)NCC(CC(C)C)C(=O)O)cc1. The van der Waals surface area contributed by atoms with Crippen LogP contribution in [0.2, 0.25) is 0 Å². The minimum Gasteiger partial charge on any atom is -0.481 e. The fraction of sp³-hybridized carbons (Fsp3) is 0.500. The van der Waals surface area contributed by atoms with Gasteiger partial charge in [0.15, 0.2) is 0 Å². The van der Waals surface area contributed by atoms with Crippen LogP contribution in [0.1, 0.15) is 37.4 Å². The maximum atomic E-state index is 12.0. The van der Waals surface area contributed by atoms with E-state index in [2.05, 4.69) is 5.32 Å². The van der Waals surface area contributed by atoms with Crippen molar-refractivity contribution in [2.24, 2.45) is 17.6 Å². The van der Waals surface area contributed by atoms with Crippen LogP contribution in [0.25, 0.3) is 0 Å². The van der Waals surface area contributed by atoms with E-state index >= 15 is 0 Å². The Bertz CT molecular complexity index is 483. The van der Waals surface area contributed by atoms with Crippen LogP contribution in [0.3, 0.4) is 0 Å². The molecule has 0 radical (unpaired) electrons. The Morgan fingerprint density at radius 1 is 1.24 bits per heavy atom. The molecule has 0 fully saturated rings. The van der Waals surface area contributed by atoms with Crippen LogP contribution in [0, 0.1) is 18.8 Å². The molecule has 0 saturated heterocycles. The van der Waals surface area contributed by atoms with Crippen molar-refractivity contribution < 1.29 is 14.7 Å². The number of carbonyl (C=O) groups is 2. The van der Waals surface area contributed by atoms with Crippen LogP contribution in [0.4, 0.5) is 0 Å². The Morgan fingerprint density at radius 2 is 1.81 bits per heavy atom. The van der Waals surface area contributed by atoms with Crippen LogP contribution in [-0.2, 0) is 9.59 Å². The lowest BCUT2D eigenvalue weighted by atomic mass is 9.97. The van der Waals surface area contributed by atoms with E-state index in [4.69, 9.17) is 10.8 Å². The van der Waals surface area contributed by atoms with Crippen molar-refractivity contribution in [1.29, 1.82) is 0 Å². The van der Waals surface area contributed by atoms with Crippen LogP contribution in [0.15, 0.2) is 24.3 Å². The highest BCUT2D eigenvalue weighted by Crippen LogP contribution is 2.13. The molecule has 2 atom stereocenters. The molecule has 2 unspecified atom stereocenters. The van der Waals surface area contributed by atoms with Crippen molar-refractivity contribution in [1.82, 2.24) is 5.32 Å². The third-order valence-corrected chi connectivity index (χ3v) is 3.35. The van der Waals surface area contributed by atoms with E-state index in [0.29, 0.717) is 12.0 Å². The molecule has 0 spiro atoms. The zero-order valence-corrected chi connectivity index (χ0v) is 12.8. The van der Waals surface area contributed by atoms with E-state index < -0.39 is 17.9 Å². The Balaban J connectivity index is 2.59. The molecule has 0 heterocycles. The van der Waals surface area contributed by atoms with Gasteiger partial charge in [0.2, 0.25) is 5.91 Å². The van der Waals surface area contributed by atoms with Crippen molar-refractivity contribution >= 4 is 11.9 Å². The Kier molecular flexibility index (Phi) is 6.37. The van der Waals surface area contributed by atoms with Crippen molar-refractivity contribution in [3.8, 4) is 0 Å². The Labute approximate surface area is 125 Å². The number of carbonyl (C=O) groups excluding carboxylic acids is 1. The standard InChI is InChI=1S/C16H24N2O3/c1-10(2)8-13(16(20)21)9-18-15(19)14(17)12-6-4-11(3)5-7-12/h4-7,10,13-14H,8-9,17H2,1-3H3,(H,18,19)(H,20,21). The van der Waals surface area contributed by atoms with Gasteiger partial charge in [-0.3, -0.25) is 9.59 Å². The lowest BCUT2D eigenvalue weighted by Gasteiger charge is -2.17. The molecule has 0 aliphatic rings. The molecule has 0 bridgehead atoms. The molecule has 1 aromatic rings.